The van der Waals surface area contributed by atoms with Gasteiger partial charge in [-0.25, -0.2) is 0 Å². The highest BCUT2D eigenvalue weighted by Crippen LogP contribution is 2.06. The third kappa shape index (κ3) is 3.45. The highest BCUT2D eigenvalue weighted by atomic mass is 16.5. The average molecular weight is 154 g/mol. The van der Waals surface area contributed by atoms with Gasteiger partial charge in [-0.3, -0.25) is 0 Å². The molecule has 0 radical (unpaired) electrons. The fourth-order valence-electron chi connectivity index (χ4n) is 0.544. The smallest absolute Gasteiger partial charge is 0.214 e. The SMILES string of the molecule is CC.COc1cccc(N)n1. The summed E-state index contributed by atoms with van der Waals surface area (Å²) in [7, 11) is 1.56. The van der Waals surface area contributed by atoms with Crippen LogP contribution in [-0.2, 0) is 0 Å². The van der Waals surface area contributed by atoms with Gasteiger partial charge in [0.2, 0.25) is 5.88 Å². The molecule has 0 amide bonds. The lowest BCUT2D eigenvalue weighted by molar-refractivity contribution is 0.398. The first kappa shape index (κ1) is 9.75. The second-order valence-electron chi connectivity index (χ2n) is 1.60. The third-order valence-electron chi connectivity index (χ3n) is 0.954. The van der Waals surface area contributed by atoms with E-state index in [0.29, 0.717) is 11.7 Å². The Morgan fingerprint density at radius 1 is 1.36 bits per heavy atom. The van der Waals surface area contributed by atoms with Crippen molar-refractivity contribution in [1.29, 1.82) is 0 Å². The van der Waals surface area contributed by atoms with Crippen LogP contribution in [0.5, 0.6) is 5.88 Å². The first-order valence-corrected chi connectivity index (χ1v) is 3.59. The summed E-state index contributed by atoms with van der Waals surface area (Å²) >= 11 is 0. The van der Waals surface area contributed by atoms with Crippen molar-refractivity contribution in [1.82, 2.24) is 4.98 Å². The second-order valence-corrected chi connectivity index (χ2v) is 1.60. The molecule has 0 aliphatic carbocycles. The van der Waals surface area contributed by atoms with Crippen molar-refractivity contribution in [3.05, 3.63) is 18.2 Å². The lowest BCUT2D eigenvalue weighted by atomic mass is 10.5. The normalized spacial score (nSPS) is 7.91. The number of anilines is 1. The molecule has 3 nitrogen and oxygen atoms in total. The highest BCUT2D eigenvalue weighted by Gasteiger charge is 1.88. The molecule has 1 aromatic rings. The van der Waals surface area contributed by atoms with Gasteiger partial charge in [0.05, 0.1) is 7.11 Å². The van der Waals surface area contributed by atoms with Crippen LogP contribution in [0.15, 0.2) is 18.2 Å². The number of hydrogen-bond acceptors (Lipinski definition) is 3. The number of methoxy groups -OCH3 is 1. The molecule has 1 rings (SSSR count). The molecule has 0 aliphatic heterocycles. The third-order valence-corrected chi connectivity index (χ3v) is 0.954. The quantitative estimate of drug-likeness (QED) is 0.669. The zero-order valence-corrected chi connectivity index (χ0v) is 7.16. The van der Waals surface area contributed by atoms with Gasteiger partial charge in [-0.1, -0.05) is 19.9 Å². The number of rotatable bonds is 1. The molecular weight excluding hydrogens is 140 g/mol. The average Bonchev–Trinajstić information content (AvgIpc) is 2.08. The van der Waals surface area contributed by atoms with Crippen molar-refractivity contribution < 1.29 is 4.74 Å². The lowest BCUT2D eigenvalue weighted by Crippen LogP contribution is -1.91. The van der Waals surface area contributed by atoms with E-state index in [1.165, 1.54) is 0 Å². The largest absolute Gasteiger partial charge is 0.481 e. The highest BCUT2D eigenvalue weighted by molar-refractivity contribution is 5.30. The minimum absolute atomic E-state index is 0.481. The van der Waals surface area contributed by atoms with E-state index in [1.807, 2.05) is 13.8 Å². The van der Waals surface area contributed by atoms with Crippen LogP contribution in [0.1, 0.15) is 13.8 Å². The Labute approximate surface area is 67.2 Å². The van der Waals surface area contributed by atoms with Crippen LogP contribution >= 0.6 is 0 Å². The minimum Gasteiger partial charge on any atom is -0.481 e. The van der Waals surface area contributed by atoms with Crippen LogP contribution < -0.4 is 10.5 Å². The molecule has 3 heteroatoms. The van der Waals surface area contributed by atoms with Gasteiger partial charge in [0.1, 0.15) is 5.82 Å². The summed E-state index contributed by atoms with van der Waals surface area (Å²) in [5.41, 5.74) is 5.34. The van der Waals surface area contributed by atoms with Crippen molar-refractivity contribution >= 4 is 5.82 Å². The fourth-order valence-corrected chi connectivity index (χ4v) is 0.544. The molecule has 0 unspecified atom stereocenters. The maximum atomic E-state index is 5.34. The van der Waals surface area contributed by atoms with Crippen molar-refractivity contribution in [3.63, 3.8) is 0 Å². The molecule has 2 N–H and O–H groups in total. The number of nitrogen functional groups attached to an aromatic ring is 1. The van der Waals surface area contributed by atoms with E-state index in [1.54, 1.807) is 25.3 Å². The van der Waals surface area contributed by atoms with Crippen molar-refractivity contribution in [2.24, 2.45) is 0 Å². The summed E-state index contributed by atoms with van der Waals surface area (Å²) in [5.74, 6) is 1.03. The number of pyridine rings is 1. The Hall–Kier alpha value is -1.25. The predicted octanol–water partition coefficient (Wildman–Crippen LogP) is 1.70. The molecule has 62 valence electrons. The molecule has 1 aromatic heterocycles. The van der Waals surface area contributed by atoms with Gasteiger partial charge in [0, 0.05) is 6.07 Å². The maximum Gasteiger partial charge on any atom is 0.214 e. The number of aromatic nitrogens is 1. The number of nitrogens with zero attached hydrogens (tertiary/aromatic N) is 1. The Morgan fingerprint density at radius 2 is 2.00 bits per heavy atom. The van der Waals surface area contributed by atoms with Gasteiger partial charge in [-0.2, -0.15) is 4.98 Å². The number of ether oxygens (including phenoxy) is 1. The standard InChI is InChI=1S/C6H8N2O.C2H6/c1-9-6-4-2-3-5(7)8-6;1-2/h2-4H,1H3,(H2,7,8);1-2H3. The lowest BCUT2D eigenvalue weighted by Gasteiger charge is -1.96. The molecular formula is C8H14N2O. The predicted molar refractivity (Wildman–Crippen MR) is 46.5 cm³/mol. The van der Waals surface area contributed by atoms with E-state index in [-0.39, 0.29) is 0 Å². The molecule has 0 aromatic carbocycles. The second kappa shape index (κ2) is 5.53. The van der Waals surface area contributed by atoms with Crippen LogP contribution in [0, 0.1) is 0 Å². The summed E-state index contributed by atoms with van der Waals surface area (Å²) in [5, 5.41) is 0. The topological polar surface area (TPSA) is 48.1 Å². The summed E-state index contributed by atoms with van der Waals surface area (Å²) < 4.78 is 4.80. The Kier molecular flexibility index (Phi) is 4.90. The van der Waals surface area contributed by atoms with Gasteiger partial charge < -0.3 is 10.5 Å². The van der Waals surface area contributed by atoms with E-state index < -0.39 is 0 Å². The van der Waals surface area contributed by atoms with Crippen molar-refractivity contribution in [2.75, 3.05) is 12.8 Å². The molecule has 0 aliphatic rings. The summed E-state index contributed by atoms with van der Waals surface area (Å²) in [4.78, 5) is 3.85. The van der Waals surface area contributed by atoms with Crippen LogP contribution in [0.25, 0.3) is 0 Å². The zero-order valence-electron chi connectivity index (χ0n) is 7.16. The Balaban J connectivity index is 0.000000461. The van der Waals surface area contributed by atoms with E-state index in [0.717, 1.165) is 0 Å². The van der Waals surface area contributed by atoms with Gasteiger partial charge in [-0.15, -0.1) is 0 Å². The molecule has 0 saturated carbocycles. The van der Waals surface area contributed by atoms with Gasteiger partial charge in [0.15, 0.2) is 0 Å². The van der Waals surface area contributed by atoms with Gasteiger partial charge in [-0.05, 0) is 6.07 Å². The number of hydrogen-bond donors (Lipinski definition) is 1. The van der Waals surface area contributed by atoms with E-state index in [2.05, 4.69) is 4.98 Å². The van der Waals surface area contributed by atoms with Crippen LogP contribution in [0.4, 0.5) is 5.82 Å². The van der Waals surface area contributed by atoms with E-state index in [4.69, 9.17) is 10.5 Å². The van der Waals surface area contributed by atoms with Crippen LogP contribution in [0.3, 0.4) is 0 Å². The van der Waals surface area contributed by atoms with Gasteiger partial charge >= 0.3 is 0 Å². The van der Waals surface area contributed by atoms with Crippen molar-refractivity contribution in [3.8, 4) is 5.88 Å². The summed E-state index contributed by atoms with van der Waals surface area (Å²) in [6, 6.07) is 5.25. The van der Waals surface area contributed by atoms with E-state index in [9.17, 15) is 0 Å². The molecule has 1 heterocycles. The minimum atomic E-state index is 0.481. The summed E-state index contributed by atoms with van der Waals surface area (Å²) in [6.45, 7) is 4.00. The fraction of sp³-hybridized carbons (Fsp3) is 0.375. The van der Waals surface area contributed by atoms with Crippen LogP contribution in [-0.4, -0.2) is 12.1 Å². The Bertz CT molecular complexity index is 201. The molecule has 0 atom stereocenters. The number of nitrogens with two attached hydrogens (primary N) is 1. The van der Waals surface area contributed by atoms with Gasteiger partial charge in [0.25, 0.3) is 0 Å². The molecule has 0 spiro atoms. The van der Waals surface area contributed by atoms with Crippen LogP contribution in [0.2, 0.25) is 0 Å². The summed E-state index contributed by atoms with van der Waals surface area (Å²) in [6.07, 6.45) is 0. The monoisotopic (exact) mass is 154 g/mol. The van der Waals surface area contributed by atoms with Crippen molar-refractivity contribution in [2.45, 2.75) is 13.8 Å². The maximum absolute atomic E-state index is 5.34. The molecule has 0 saturated heterocycles. The molecule has 0 fully saturated rings. The Morgan fingerprint density at radius 3 is 2.36 bits per heavy atom. The zero-order chi connectivity index (χ0) is 8.69. The molecule has 0 bridgehead atoms. The first-order valence-electron chi connectivity index (χ1n) is 3.59. The molecule has 11 heavy (non-hydrogen) atoms. The first-order chi connectivity index (χ1) is 5.33. The van der Waals surface area contributed by atoms with E-state index >= 15 is 0 Å².